The van der Waals surface area contributed by atoms with E-state index in [0.29, 0.717) is 11.6 Å². The van der Waals surface area contributed by atoms with Crippen molar-refractivity contribution in [2.45, 2.75) is 19.9 Å². The van der Waals surface area contributed by atoms with E-state index in [-0.39, 0.29) is 6.04 Å². The zero-order chi connectivity index (χ0) is 9.84. The maximum Gasteiger partial charge on any atom is 0.119 e. The number of benzene rings is 1. The van der Waals surface area contributed by atoms with Crippen molar-refractivity contribution in [3.63, 3.8) is 0 Å². The third-order valence-corrected chi connectivity index (χ3v) is 2.11. The molecule has 0 saturated heterocycles. The molecular weight excluding hydrogens is 186 g/mol. The van der Waals surface area contributed by atoms with Gasteiger partial charge >= 0.3 is 0 Å². The Balaban J connectivity index is 2.97. The van der Waals surface area contributed by atoms with Crippen LogP contribution in [0, 0.1) is 0 Å². The maximum atomic E-state index is 5.96. The first-order valence-corrected chi connectivity index (χ1v) is 4.70. The van der Waals surface area contributed by atoms with Crippen LogP contribution in [0.15, 0.2) is 18.2 Å². The maximum absolute atomic E-state index is 5.96. The minimum Gasteiger partial charge on any atom is -0.494 e. The molecule has 0 fully saturated rings. The largest absolute Gasteiger partial charge is 0.494 e. The summed E-state index contributed by atoms with van der Waals surface area (Å²) in [6.07, 6.45) is 0. The summed E-state index contributed by atoms with van der Waals surface area (Å²) in [5.41, 5.74) is 6.66. The average molecular weight is 200 g/mol. The summed E-state index contributed by atoms with van der Waals surface area (Å²) in [6.45, 7) is 4.50. The molecule has 1 atom stereocenters. The van der Waals surface area contributed by atoms with Gasteiger partial charge in [0.1, 0.15) is 5.75 Å². The van der Waals surface area contributed by atoms with Crippen LogP contribution in [0.25, 0.3) is 0 Å². The van der Waals surface area contributed by atoms with Crippen molar-refractivity contribution < 1.29 is 4.74 Å². The van der Waals surface area contributed by atoms with Gasteiger partial charge in [-0.05, 0) is 37.6 Å². The standard InChI is InChI=1S/C10H14ClNO/c1-3-13-8-4-5-10(11)9(6-8)7(2)12/h4-7H,3,12H2,1-2H3. The summed E-state index contributed by atoms with van der Waals surface area (Å²) in [7, 11) is 0. The Bertz CT molecular complexity index is 286. The minimum atomic E-state index is -0.0621. The van der Waals surface area contributed by atoms with E-state index in [1.54, 1.807) is 0 Å². The van der Waals surface area contributed by atoms with Crippen LogP contribution in [-0.4, -0.2) is 6.61 Å². The van der Waals surface area contributed by atoms with Crippen molar-refractivity contribution in [1.82, 2.24) is 0 Å². The summed E-state index contributed by atoms with van der Waals surface area (Å²) in [5, 5.41) is 0.693. The van der Waals surface area contributed by atoms with Crippen LogP contribution in [0.4, 0.5) is 0 Å². The lowest BCUT2D eigenvalue weighted by atomic mass is 10.1. The molecule has 0 heterocycles. The third-order valence-electron chi connectivity index (χ3n) is 1.77. The molecule has 1 aromatic rings. The van der Waals surface area contributed by atoms with Crippen molar-refractivity contribution >= 4 is 11.6 Å². The predicted octanol–water partition coefficient (Wildman–Crippen LogP) is 2.76. The third kappa shape index (κ3) is 2.61. The number of nitrogens with two attached hydrogens (primary N) is 1. The summed E-state index contributed by atoms with van der Waals surface area (Å²) < 4.78 is 5.34. The smallest absolute Gasteiger partial charge is 0.119 e. The molecule has 1 aromatic carbocycles. The van der Waals surface area contributed by atoms with Gasteiger partial charge in [-0.15, -0.1) is 0 Å². The van der Waals surface area contributed by atoms with Crippen LogP contribution in [0.3, 0.4) is 0 Å². The lowest BCUT2D eigenvalue weighted by Crippen LogP contribution is -2.06. The van der Waals surface area contributed by atoms with Gasteiger partial charge in [-0.25, -0.2) is 0 Å². The Morgan fingerprint density at radius 2 is 2.23 bits per heavy atom. The first-order valence-electron chi connectivity index (χ1n) is 4.33. The zero-order valence-corrected chi connectivity index (χ0v) is 8.64. The summed E-state index contributed by atoms with van der Waals surface area (Å²) in [6, 6.07) is 5.48. The lowest BCUT2D eigenvalue weighted by molar-refractivity contribution is 0.339. The Morgan fingerprint density at radius 3 is 2.77 bits per heavy atom. The van der Waals surface area contributed by atoms with Crippen LogP contribution in [0.1, 0.15) is 25.5 Å². The molecule has 0 spiro atoms. The quantitative estimate of drug-likeness (QED) is 0.813. The molecule has 2 nitrogen and oxygen atoms in total. The molecule has 1 unspecified atom stereocenters. The molecule has 0 radical (unpaired) electrons. The SMILES string of the molecule is CCOc1ccc(Cl)c(C(C)N)c1. The first-order chi connectivity index (χ1) is 6.15. The monoisotopic (exact) mass is 199 g/mol. The van der Waals surface area contributed by atoms with Crippen molar-refractivity contribution in [3.05, 3.63) is 28.8 Å². The van der Waals surface area contributed by atoms with Gasteiger partial charge in [-0.3, -0.25) is 0 Å². The van der Waals surface area contributed by atoms with E-state index in [0.717, 1.165) is 11.3 Å². The number of hydrogen-bond acceptors (Lipinski definition) is 2. The van der Waals surface area contributed by atoms with Gasteiger partial charge < -0.3 is 10.5 Å². The van der Waals surface area contributed by atoms with Crippen LogP contribution in [0.2, 0.25) is 5.02 Å². The van der Waals surface area contributed by atoms with Crippen molar-refractivity contribution in [2.24, 2.45) is 5.73 Å². The highest BCUT2D eigenvalue weighted by molar-refractivity contribution is 6.31. The highest BCUT2D eigenvalue weighted by atomic mass is 35.5. The molecule has 0 saturated carbocycles. The van der Waals surface area contributed by atoms with Crippen molar-refractivity contribution in [1.29, 1.82) is 0 Å². The second kappa shape index (κ2) is 4.49. The normalized spacial score (nSPS) is 12.6. The van der Waals surface area contributed by atoms with E-state index >= 15 is 0 Å². The van der Waals surface area contributed by atoms with E-state index < -0.39 is 0 Å². The zero-order valence-electron chi connectivity index (χ0n) is 7.88. The molecule has 2 N–H and O–H groups in total. The van der Waals surface area contributed by atoms with Gasteiger partial charge in [0.2, 0.25) is 0 Å². The van der Waals surface area contributed by atoms with E-state index in [9.17, 15) is 0 Å². The molecule has 1 rings (SSSR count). The average Bonchev–Trinajstić information content (AvgIpc) is 2.08. The number of rotatable bonds is 3. The Hall–Kier alpha value is -0.730. The van der Waals surface area contributed by atoms with Gasteiger partial charge in [0.25, 0.3) is 0 Å². The molecule has 3 heteroatoms. The molecule has 0 amide bonds. The van der Waals surface area contributed by atoms with Crippen LogP contribution < -0.4 is 10.5 Å². The highest BCUT2D eigenvalue weighted by Gasteiger charge is 2.06. The Kier molecular flexibility index (Phi) is 3.58. The molecule has 0 bridgehead atoms. The van der Waals surface area contributed by atoms with Crippen molar-refractivity contribution in [2.75, 3.05) is 6.61 Å². The van der Waals surface area contributed by atoms with Gasteiger partial charge in [0.15, 0.2) is 0 Å². The summed E-state index contributed by atoms with van der Waals surface area (Å²) in [4.78, 5) is 0. The number of ether oxygens (including phenoxy) is 1. The predicted molar refractivity (Wildman–Crippen MR) is 55.2 cm³/mol. The Labute approximate surface area is 83.6 Å². The van der Waals surface area contributed by atoms with Crippen LogP contribution >= 0.6 is 11.6 Å². The molecule has 0 aliphatic carbocycles. The minimum absolute atomic E-state index is 0.0621. The second-order valence-corrected chi connectivity index (χ2v) is 3.31. The summed E-state index contributed by atoms with van der Waals surface area (Å²) >= 11 is 5.96. The van der Waals surface area contributed by atoms with Crippen molar-refractivity contribution in [3.8, 4) is 5.75 Å². The highest BCUT2D eigenvalue weighted by Crippen LogP contribution is 2.25. The fraction of sp³-hybridized carbons (Fsp3) is 0.400. The summed E-state index contributed by atoms with van der Waals surface area (Å²) in [5.74, 6) is 0.819. The molecule has 72 valence electrons. The van der Waals surface area contributed by atoms with E-state index in [1.807, 2.05) is 32.0 Å². The van der Waals surface area contributed by atoms with Gasteiger partial charge in [-0.2, -0.15) is 0 Å². The fourth-order valence-corrected chi connectivity index (χ4v) is 1.42. The number of halogens is 1. The molecule has 0 aromatic heterocycles. The molecule has 0 aliphatic rings. The Morgan fingerprint density at radius 1 is 1.54 bits per heavy atom. The van der Waals surface area contributed by atoms with Gasteiger partial charge in [-0.1, -0.05) is 11.6 Å². The topological polar surface area (TPSA) is 35.2 Å². The van der Waals surface area contributed by atoms with Gasteiger partial charge in [0.05, 0.1) is 6.61 Å². The molecular formula is C10H14ClNO. The fourth-order valence-electron chi connectivity index (χ4n) is 1.13. The van der Waals surface area contributed by atoms with Gasteiger partial charge in [0, 0.05) is 11.1 Å². The molecule has 13 heavy (non-hydrogen) atoms. The van der Waals surface area contributed by atoms with E-state index in [4.69, 9.17) is 22.1 Å². The number of hydrogen-bond donors (Lipinski definition) is 1. The lowest BCUT2D eigenvalue weighted by Gasteiger charge is -2.10. The van der Waals surface area contributed by atoms with E-state index in [1.165, 1.54) is 0 Å². The first kappa shape index (κ1) is 10.4. The van der Waals surface area contributed by atoms with E-state index in [2.05, 4.69) is 0 Å². The second-order valence-electron chi connectivity index (χ2n) is 2.91. The molecule has 0 aliphatic heterocycles. The van der Waals surface area contributed by atoms with Crippen LogP contribution in [-0.2, 0) is 0 Å². The van der Waals surface area contributed by atoms with Crippen LogP contribution in [0.5, 0.6) is 5.75 Å².